The Morgan fingerprint density at radius 2 is 1.76 bits per heavy atom. The molecule has 0 aliphatic carbocycles. The summed E-state index contributed by atoms with van der Waals surface area (Å²) in [5.74, 6) is -2.77. The number of hydrogen-bond donors (Lipinski definition) is 3. The van der Waals surface area contributed by atoms with Gasteiger partial charge >= 0.3 is 11.9 Å². The van der Waals surface area contributed by atoms with Gasteiger partial charge in [0.25, 0.3) is 0 Å². The maximum atomic E-state index is 11.2. The summed E-state index contributed by atoms with van der Waals surface area (Å²) in [6.07, 6.45) is -0.988. The van der Waals surface area contributed by atoms with E-state index < -0.39 is 30.3 Å². The number of hydrogen-bond acceptors (Lipinski definition) is 5. The average molecular weight is 248 g/mol. The molecule has 0 fully saturated rings. The van der Waals surface area contributed by atoms with E-state index in [0.29, 0.717) is 6.42 Å². The fourth-order valence-electron chi connectivity index (χ4n) is 1.27. The molecule has 0 amide bonds. The molecule has 0 bridgehead atoms. The largest absolute Gasteiger partial charge is 0.479 e. The van der Waals surface area contributed by atoms with E-state index in [9.17, 15) is 14.7 Å². The highest BCUT2D eigenvalue weighted by Crippen LogP contribution is 2.08. The van der Waals surface area contributed by atoms with Crippen molar-refractivity contribution in [3.8, 4) is 0 Å². The second kappa shape index (κ2) is 8.03. The SMILES string of the molecule is CCCCCC(C)OC(=O)C(O)C(O)C(=O)O. The third-order valence-corrected chi connectivity index (χ3v) is 2.33. The fraction of sp³-hybridized carbons (Fsp3) is 0.818. The number of carbonyl (C=O) groups excluding carboxylic acids is 1. The van der Waals surface area contributed by atoms with Gasteiger partial charge in [0.2, 0.25) is 0 Å². The Hall–Kier alpha value is -1.14. The van der Waals surface area contributed by atoms with Crippen molar-refractivity contribution in [3.05, 3.63) is 0 Å². The van der Waals surface area contributed by atoms with E-state index in [1.807, 2.05) is 6.92 Å². The molecule has 100 valence electrons. The Bertz CT molecular complexity index is 252. The number of carboxylic acid groups (broad SMARTS) is 1. The molecule has 0 radical (unpaired) electrons. The fourth-order valence-corrected chi connectivity index (χ4v) is 1.27. The first-order valence-corrected chi connectivity index (χ1v) is 5.69. The summed E-state index contributed by atoms with van der Waals surface area (Å²) in [5.41, 5.74) is 0. The van der Waals surface area contributed by atoms with Crippen LogP contribution in [0.1, 0.15) is 39.5 Å². The van der Waals surface area contributed by atoms with E-state index in [1.54, 1.807) is 6.92 Å². The second-order valence-electron chi connectivity index (χ2n) is 3.97. The number of rotatable bonds is 8. The number of unbranched alkanes of at least 4 members (excludes halogenated alkanes) is 2. The van der Waals surface area contributed by atoms with Gasteiger partial charge in [0.1, 0.15) is 0 Å². The molecule has 0 aromatic heterocycles. The lowest BCUT2D eigenvalue weighted by Crippen LogP contribution is -2.41. The molecule has 3 atom stereocenters. The minimum absolute atomic E-state index is 0.398. The Morgan fingerprint density at radius 3 is 2.24 bits per heavy atom. The van der Waals surface area contributed by atoms with E-state index in [0.717, 1.165) is 19.3 Å². The van der Waals surface area contributed by atoms with Gasteiger partial charge in [-0.1, -0.05) is 19.8 Å². The Morgan fingerprint density at radius 1 is 1.18 bits per heavy atom. The summed E-state index contributed by atoms with van der Waals surface area (Å²) >= 11 is 0. The molecule has 0 aromatic carbocycles. The maximum absolute atomic E-state index is 11.2. The van der Waals surface area contributed by atoms with E-state index in [1.165, 1.54) is 0 Å². The molecule has 3 N–H and O–H groups in total. The van der Waals surface area contributed by atoms with Gasteiger partial charge in [-0.2, -0.15) is 0 Å². The molecule has 0 heterocycles. The molecular formula is C11H20O6. The molecule has 0 spiro atoms. The average Bonchev–Trinajstić information content (AvgIpc) is 2.27. The van der Waals surface area contributed by atoms with Gasteiger partial charge in [0, 0.05) is 0 Å². The van der Waals surface area contributed by atoms with Crippen LogP contribution in [0.3, 0.4) is 0 Å². The molecule has 3 unspecified atom stereocenters. The van der Waals surface area contributed by atoms with Crippen molar-refractivity contribution in [3.63, 3.8) is 0 Å². The Labute approximate surface area is 100 Å². The predicted octanol–water partition coefficient (Wildman–Crippen LogP) is 0.305. The van der Waals surface area contributed by atoms with Crippen molar-refractivity contribution in [2.45, 2.75) is 57.8 Å². The van der Waals surface area contributed by atoms with Gasteiger partial charge in [-0.15, -0.1) is 0 Å². The van der Waals surface area contributed by atoms with Crippen LogP contribution < -0.4 is 0 Å². The summed E-state index contributed by atoms with van der Waals surface area (Å²) in [6.45, 7) is 3.71. The van der Waals surface area contributed by atoms with Crippen LogP contribution >= 0.6 is 0 Å². The first-order valence-electron chi connectivity index (χ1n) is 5.69. The number of aliphatic hydroxyl groups is 2. The number of ether oxygens (including phenoxy) is 1. The molecule has 17 heavy (non-hydrogen) atoms. The topological polar surface area (TPSA) is 104 Å². The molecule has 0 aliphatic rings. The molecule has 0 aliphatic heterocycles. The molecule has 0 saturated carbocycles. The molecule has 0 rings (SSSR count). The van der Waals surface area contributed by atoms with Gasteiger partial charge in [-0.25, -0.2) is 9.59 Å². The molecule has 0 saturated heterocycles. The van der Waals surface area contributed by atoms with Crippen molar-refractivity contribution in [1.29, 1.82) is 0 Å². The lowest BCUT2D eigenvalue weighted by atomic mass is 10.1. The van der Waals surface area contributed by atoms with Gasteiger partial charge in [0.05, 0.1) is 6.10 Å². The summed E-state index contributed by atoms with van der Waals surface area (Å²) < 4.78 is 4.82. The van der Waals surface area contributed by atoms with Crippen LogP contribution in [0.5, 0.6) is 0 Å². The number of aliphatic carboxylic acids is 1. The summed E-state index contributed by atoms with van der Waals surface area (Å²) in [6, 6.07) is 0. The van der Waals surface area contributed by atoms with Crippen LogP contribution in [0.4, 0.5) is 0 Å². The van der Waals surface area contributed by atoms with E-state index in [4.69, 9.17) is 14.9 Å². The molecular weight excluding hydrogens is 228 g/mol. The molecule has 6 nitrogen and oxygen atoms in total. The monoisotopic (exact) mass is 248 g/mol. The van der Waals surface area contributed by atoms with Crippen molar-refractivity contribution in [2.24, 2.45) is 0 Å². The normalized spacial score (nSPS) is 16.0. The third kappa shape index (κ3) is 6.23. The highest BCUT2D eigenvalue weighted by Gasteiger charge is 2.32. The van der Waals surface area contributed by atoms with Crippen LogP contribution in [-0.4, -0.2) is 45.6 Å². The standard InChI is InChI=1S/C11H20O6/c1-3-4-5-6-7(2)17-11(16)9(13)8(12)10(14)15/h7-9,12-13H,3-6H2,1-2H3,(H,14,15). The highest BCUT2D eigenvalue weighted by atomic mass is 16.6. The van der Waals surface area contributed by atoms with E-state index in [2.05, 4.69) is 0 Å². The lowest BCUT2D eigenvalue weighted by molar-refractivity contribution is -0.173. The van der Waals surface area contributed by atoms with Crippen LogP contribution in [0, 0.1) is 0 Å². The quantitative estimate of drug-likeness (QED) is 0.421. The predicted molar refractivity (Wildman–Crippen MR) is 59.3 cm³/mol. The van der Waals surface area contributed by atoms with Crippen LogP contribution in [0.15, 0.2) is 0 Å². The summed E-state index contributed by atoms with van der Waals surface area (Å²) in [7, 11) is 0. The summed E-state index contributed by atoms with van der Waals surface area (Å²) in [5, 5.41) is 26.5. The minimum Gasteiger partial charge on any atom is -0.479 e. The third-order valence-electron chi connectivity index (χ3n) is 2.33. The first-order chi connectivity index (χ1) is 7.90. The Kier molecular flexibility index (Phi) is 7.49. The first kappa shape index (κ1) is 15.9. The van der Waals surface area contributed by atoms with Crippen molar-refractivity contribution < 1.29 is 29.6 Å². The zero-order valence-corrected chi connectivity index (χ0v) is 10.1. The zero-order valence-electron chi connectivity index (χ0n) is 10.1. The maximum Gasteiger partial charge on any atom is 0.338 e. The number of esters is 1. The van der Waals surface area contributed by atoms with Gasteiger partial charge in [0.15, 0.2) is 12.2 Å². The van der Waals surface area contributed by atoms with Gasteiger partial charge in [-0.3, -0.25) is 0 Å². The van der Waals surface area contributed by atoms with Crippen molar-refractivity contribution in [2.75, 3.05) is 0 Å². The minimum atomic E-state index is -2.15. The molecule has 0 aromatic rings. The second-order valence-corrected chi connectivity index (χ2v) is 3.97. The van der Waals surface area contributed by atoms with Crippen LogP contribution in [0.2, 0.25) is 0 Å². The highest BCUT2D eigenvalue weighted by molar-refractivity contribution is 5.84. The smallest absolute Gasteiger partial charge is 0.338 e. The van der Waals surface area contributed by atoms with Crippen LogP contribution in [-0.2, 0) is 14.3 Å². The number of aliphatic hydroxyl groups excluding tert-OH is 2. The van der Waals surface area contributed by atoms with E-state index in [-0.39, 0.29) is 0 Å². The van der Waals surface area contributed by atoms with Gasteiger partial charge in [-0.05, 0) is 19.8 Å². The zero-order chi connectivity index (χ0) is 13.4. The number of carboxylic acids is 1. The van der Waals surface area contributed by atoms with Crippen molar-refractivity contribution >= 4 is 11.9 Å². The van der Waals surface area contributed by atoms with Gasteiger partial charge < -0.3 is 20.1 Å². The molecule has 6 heteroatoms. The summed E-state index contributed by atoms with van der Waals surface area (Å²) in [4.78, 5) is 21.6. The number of carbonyl (C=O) groups is 2. The lowest BCUT2D eigenvalue weighted by Gasteiger charge is -2.17. The Balaban J connectivity index is 4.02. The van der Waals surface area contributed by atoms with Crippen molar-refractivity contribution in [1.82, 2.24) is 0 Å². The van der Waals surface area contributed by atoms with E-state index >= 15 is 0 Å². The van der Waals surface area contributed by atoms with Crippen LogP contribution in [0.25, 0.3) is 0 Å².